The number of carboxylic acid groups (broad SMARTS) is 1. The van der Waals surface area contributed by atoms with E-state index in [-0.39, 0.29) is 5.82 Å². The number of hydrogen-bond acceptors (Lipinski definition) is 3. The van der Waals surface area contributed by atoms with Crippen LogP contribution in [0.25, 0.3) is 11.0 Å². The number of amides is 1. The Morgan fingerprint density at radius 2 is 2.00 bits per heavy atom. The molecule has 1 aromatic carbocycles. The van der Waals surface area contributed by atoms with Gasteiger partial charge < -0.3 is 10.8 Å². The number of fused-ring (bicyclic) bond motifs is 1. The lowest BCUT2D eigenvalue weighted by molar-refractivity contribution is 0.0681. The zero-order valence-corrected chi connectivity index (χ0v) is 7.54. The topological polar surface area (TPSA) is 98.2 Å². The highest BCUT2D eigenvalue weighted by Gasteiger charge is 2.19. The Morgan fingerprint density at radius 1 is 1.33 bits per heavy atom. The predicted molar refractivity (Wildman–Crippen MR) is 51.7 cm³/mol. The van der Waals surface area contributed by atoms with Crippen molar-refractivity contribution in [1.82, 2.24) is 9.55 Å². The standard InChI is InChI=1S/C9H7N3O3/c10-9(15)12-6-4-2-1-3-5(6)11-7(12)8(13)14/h1-4H,(H2,10,15)(H,13,14). The lowest BCUT2D eigenvalue weighted by atomic mass is 10.3. The number of aromatic nitrogens is 2. The van der Waals surface area contributed by atoms with Gasteiger partial charge in [0.2, 0.25) is 5.82 Å². The van der Waals surface area contributed by atoms with Gasteiger partial charge in [0.15, 0.2) is 0 Å². The maximum absolute atomic E-state index is 11.1. The molecule has 1 amide bonds. The molecule has 0 saturated carbocycles. The highest BCUT2D eigenvalue weighted by Crippen LogP contribution is 2.15. The molecule has 3 N–H and O–H groups in total. The molecular formula is C9H7N3O3. The minimum Gasteiger partial charge on any atom is -0.475 e. The molecule has 76 valence electrons. The zero-order chi connectivity index (χ0) is 11.0. The molecule has 0 atom stereocenters. The Morgan fingerprint density at radius 3 is 2.60 bits per heavy atom. The molecule has 0 aliphatic carbocycles. The number of imidazole rings is 1. The van der Waals surface area contributed by atoms with E-state index in [1.54, 1.807) is 24.3 Å². The summed E-state index contributed by atoms with van der Waals surface area (Å²) < 4.78 is 0.873. The molecule has 1 heterocycles. The molecule has 2 aromatic rings. The number of carbonyl (C=O) groups is 2. The summed E-state index contributed by atoms with van der Waals surface area (Å²) in [5.41, 5.74) is 5.90. The van der Waals surface area contributed by atoms with Crippen molar-refractivity contribution in [1.29, 1.82) is 0 Å². The van der Waals surface area contributed by atoms with E-state index in [2.05, 4.69) is 4.98 Å². The van der Waals surface area contributed by atoms with Crippen LogP contribution in [0.2, 0.25) is 0 Å². The fourth-order valence-corrected chi connectivity index (χ4v) is 1.39. The van der Waals surface area contributed by atoms with E-state index in [4.69, 9.17) is 10.8 Å². The van der Waals surface area contributed by atoms with Crippen LogP contribution in [0, 0.1) is 0 Å². The van der Waals surface area contributed by atoms with Crippen LogP contribution in [0.5, 0.6) is 0 Å². The van der Waals surface area contributed by atoms with Gasteiger partial charge in [-0.1, -0.05) is 12.1 Å². The average Bonchev–Trinajstić information content (AvgIpc) is 2.56. The molecule has 0 saturated heterocycles. The number of rotatable bonds is 1. The lowest BCUT2D eigenvalue weighted by Crippen LogP contribution is -2.23. The minimum atomic E-state index is -1.29. The number of hydrogen-bond donors (Lipinski definition) is 2. The van der Waals surface area contributed by atoms with Gasteiger partial charge in [-0.05, 0) is 12.1 Å². The second kappa shape index (κ2) is 3.09. The predicted octanol–water partition coefficient (Wildman–Crippen LogP) is 0.661. The zero-order valence-electron chi connectivity index (χ0n) is 7.54. The van der Waals surface area contributed by atoms with Gasteiger partial charge in [-0.25, -0.2) is 19.1 Å². The summed E-state index contributed by atoms with van der Waals surface area (Å²) in [6.07, 6.45) is 0. The van der Waals surface area contributed by atoms with E-state index in [9.17, 15) is 9.59 Å². The van der Waals surface area contributed by atoms with Gasteiger partial charge in [-0.2, -0.15) is 0 Å². The summed E-state index contributed by atoms with van der Waals surface area (Å²) >= 11 is 0. The first-order valence-electron chi connectivity index (χ1n) is 4.12. The van der Waals surface area contributed by atoms with Crippen LogP contribution in [0.15, 0.2) is 24.3 Å². The normalized spacial score (nSPS) is 10.4. The summed E-state index contributed by atoms with van der Waals surface area (Å²) in [5.74, 6) is -1.66. The molecular weight excluding hydrogens is 198 g/mol. The maximum atomic E-state index is 11.1. The fourth-order valence-electron chi connectivity index (χ4n) is 1.39. The van der Waals surface area contributed by atoms with Gasteiger partial charge in [-0.3, -0.25) is 0 Å². The smallest absolute Gasteiger partial charge is 0.372 e. The van der Waals surface area contributed by atoms with Gasteiger partial charge >= 0.3 is 12.0 Å². The van der Waals surface area contributed by atoms with E-state index in [1.165, 1.54) is 0 Å². The second-order valence-electron chi connectivity index (χ2n) is 2.90. The van der Waals surface area contributed by atoms with Crippen LogP contribution in [0.3, 0.4) is 0 Å². The molecule has 15 heavy (non-hydrogen) atoms. The molecule has 1 aromatic heterocycles. The third kappa shape index (κ3) is 1.32. The van der Waals surface area contributed by atoms with E-state index in [1.807, 2.05) is 0 Å². The van der Waals surface area contributed by atoms with Gasteiger partial charge in [-0.15, -0.1) is 0 Å². The monoisotopic (exact) mass is 205 g/mol. The first-order chi connectivity index (χ1) is 7.11. The summed E-state index contributed by atoms with van der Waals surface area (Å²) in [4.78, 5) is 25.7. The number of nitrogens with zero attached hydrogens (tertiary/aromatic N) is 2. The van der Waals surface area contributed by atoms with Crippen LogP contribution < -0.4 is 5.73 Å². The Labute approximate surface area is 83.9 Å². The number of carbonyl (C=O) groups excluding carboxylic acids is 1. The van der Waals surface area contributed by atoms with Gasteiger partial charge in [0.1, 0.15) is 0 Å². The van der Waals surface area contributed by atoms with Crippen LogP contribution >= 0.6 is 0 Å². The maximum Gasteiger partial charge on any atom is 0.372 e. The molecule has 6 heteroatoms. The Bertz CT molecular complexity index is 559. The Hall–Kier alpha value is -2.37. The van der Waals surface area contributed by atoms with Gasteiger partial charge in [0, 0.05) is 0 Å². The van der Waals surface area contributed by atoms with Crippen LogP contribution in [-0.2, 0) is 0 Å². The van der Waals surface area contributed by atoms with E-state index < -0.39 is 12.0 Å². The first-order valence-corrected chi connectivity index (χ1v) is 4.12. The van der Waals surface area contributed by atoms with Crippen LogP contribution in [-0.4, -0.2) is 26.7 Å². The second-order valence-corrected chi connectivity index (χ2v) is 2.90. The SMILES string of the molecule is NC(=O)n1c(C(=O)O)nc2ccccc21. The largest absolute Gasteiger partial charge is 0.475 e. The molecule has 0 fully saturated rings. The van der Waals surface area contributed by atoms with Crippen LogP contribution in [0.4, 0.5) is 4.79 Å². The van der Waals surface area contributed by atoms with Gasteiger partial charge in [0.25, 0.3) is 0 Å². The molecule has 0 bridgehead atoms. The molecule has 2 rings (SSSR count). The first kappa shape index (κ1) is 9.20. The fraction of sp³-hybridized carbons (Fsp3) is 0. The van der Waals surface area contributed by atoms with Crippen molar-refractivity contribution >= 4 is 23.0 Å². The van der Waals surface area contributed by atoms with Gasteiger partial charge in [0.05, 0.1) is 11.0 Å². The molecule has 0 aliphatic heterocycles. The molecule has 0 spiro atoms. The lowest BCUT2D eigenvalue weighted by Gasteiger charge is -1.99. The van der Waals surface area contributed by atoms with Crippen molar-refractivity contribution in [3.63, 3.8) is 0 Å². The van der Waals surface area contributed by atoms with Crippen molar-refractivity contribution < 1.29 is 14.7 Å². The Kier molecular flexibility index (Phi) is 1.89. The molecule has 0 aliphatic rings. The summed E-state index contributed by atoms with van der Waals surface area (Å²) in [7, 11) is 0. The van der Waals surface area contributed by atoms with E-state index >= 15 is 0 Å². The van der Waals surface area contributed by atoms with E-state index in [0.29, 0.717) is 11.0 Å². The van der Waals surface area contributed by atoms with Crippen molar-refractivity contribution in [2.75, 3.05) is 0 Å². The van der Waals surface area contributed by atoms with Crippen molar-refractivity contribution in [2.45, 2.75) is 0 Å². The number of nitrogens with two attached hydrogens (primary N) is 1. The van der Waals surface area contributed by atoms with Crippen molar-refractivity contribution in [3.05, 3.63) is 30.1 Å². The molecule has 0 radical (unpaired) electrons. The number of carboxylic acids is 1. The highest BCUT2D eigenvalue weighted by atomic mass is 16.4. The summed E-state index contributed by atoms with van der Waals surface area (Å²) in [5, 5.41) is 8.82. The summed E-state index contributed by atoms with van der Waals surface area (Å²) in [6.45, 7) is 0. The minimum absolute atomic E-state index is 0.372. The van der Waals surface area contributed by atoms with E-state index in [0.717, 1.165) is 4.57 Å². The molecule has 6 nitrogen and oxygen atoms in total. The van der Waals surface area contributed by atoms with Crippen molar-refractivity contribution in [2.24, 2.45) is 5.73 Å². The highest BCUT2D eigenvalue weighted by molar-refractivity contribution is 5.97. The third-order valence-corrected chi connectivity index (χ3v) is 1.97. The number of aromatic carboxylic acids is 1. The number of para-hydroxylation sites is 2. The summed E-state index contributed by atoms with van der Waals surface area (Å²) in [6, 6.07) is 5.71. The third-order valence-electron chi connectivity index (χ3n) is 1.97. The van der Waals surface area contributed by atoms with Crippen molar-refractivity contribution in [3.8, 4) is 0 Å². The average molecular weight is 205 g/mol. The number of primary amides is 1. The Balaban J connectivity index is 2.86. The van der Waals surface area contributed by atoms with Crippen LogP contribution in [0.1, 0.15) is 10.6 Å². The quantitative estimate of drug-likeness (QED) is 0.714. The molecule has 0 unspecified atom stereocenters. The number of benzene rings is 1.